The summed E-state index contributed by atoms with van der Waals surface area (Å²) in [6.07, 6.45) is 0. The van der Waals surface area contributed by atoms with Crippen molar-refractivity contribution in [3.8, 4) is 5.75 Å². The molecule has 20 heavy (non-hydrogen) atoms. The van der Waals surface area contributed by atoms with Gasteiger partial charge in [0, 0.05) is 17.3 Å². The number of nitro groups is 1. The second-order valence-electron chi connectivity index (χ2n) is 4.63. The van der Waals surface area contributed by atoms with E-state index in [1.165, 1.54) is 6.07 Å². The molecule has 2 aromatic rings. The maximum atomic E-state index is 10.9. The number of rotatable bonds is 4. The third-order valence-corrected chi connectivity index (χ3v) is 3.20. The van der Waals surface area contributed by atoms with Crippen LogP contribution in [0.3, 0.4) is 0 Å². The summed E-state index contributed by atoms with van der Waals surface area (Å²) in [5.74, 6) is 0.727. The molecule has 2 aromatic carbocycles. The van der Waals surface area contributed by atoms with Gasteiger partial charge in [0.15, 0.2) is 0 Å². The predicted octanol–water partition coefficient (Wildman–Crippen LogP) is 3.37. The van der Waals surface area contributed by atoms with E-state index in [0.29, 0.717) is 11.3 Å². The number of nitrogen functional groups attached to an aromatic ring is 1. The van der Waals surface area contributed by atoms with Gasteiger partial charge in [-0.2, -0.15) is 0 Å². The number of hydrogen-bond acceptors (Lipinski definition) is 4. The van der Waals surface area contributed by atoms with Gasteiger partial charge in [0.05, 0.1) is 4.92 Å². The van der Waals surface area contributed by atoms with E-state index < -0.39 is 0 Å². The molecule has 0 atom stereocenters. The van der Waals surface area contributed by atoms with Crippen LogP contribution in [0.4, 0.5) is 11.4 Å². The van der Waals surface area contributed by atoms with Crippen LogP contribution in [0, 0.1) is 24.0 Å². The lowest BCUT2D eigenvalue weighted by Crippen LogP contribution is -2.02. The first-order chi connectivity index (χ1) is 9.49. The SMILES string of the molecule is Cc1cc(N)ccc1OCc1cccc([N+](=O)[O-])c1C. The van der Waals surface area contributed by atoms with Crippen LogP contribution in [-0.4, -0.2) is 4.92 Å². The minimum Gasteiger partial charge on any atom is -0.489 e. The maximum Gasteiger partial charge on any atom is 0.272 e. The minimum atomic E-state index is -0.382. The van der Waals surface area contributed by atoms with Gasteiger partial charge < -0.3 is 10.5 Å². The standard InChI is InChI=1S/C15H16N2O3/c1-10-8-13(16)6-7-15(10)20-9-12-4-3-5-14(11(12)2)17(18)19/h3-8H,9,16H2,1-2H3. The van der Waals surface area contributed by atoms with Gasteiger partial charge in [-0.1, -0.05) is 12.1 Å². The van der Waals surface area contributed by atoms with Gasteiger partial charge in [-0.15, -0.1) is 0 Å². The van der Waals surface area contributed by atoms with Crippen molar-refractivity contribution in [3.05, 3.63) is 63.2 Å². The predicted molar refractivity (Wildman–Crippen MR) is 77.8 cm³/mol. The average molecular weight is 272 g/mol. The third-order valence-electron chi connectivity index (χ3n) is 3.20. The summed E-state index contributed by atoms with van der Waals surface area (Å²) in [6.45, 7) is 3.93. The van der Waals surface area contributed by atoms with E-state index in [2.05, 4.69) is 0 Å². The Morgan fingerprint density at radius 1 is 1.25 bits per heavy atom. The van der Waals surface area contributed by atoms with E-state index in [-0.39, 0.29) is 17.2 Å². The smallest absolute Gasteiger partial charge is 0.272 e. The van der Waals surface area contributed by atoms with Crippen molar-refractivity contribution in [1.82, 2.24) is 0 Å². The van der Waals surface area contributed by atoms with Crippen LogP contribution in [0.25, 0.3) is 0 Å². The van der Waals surface area contributed by atoms with Gasteiger partial charge in [-0.05, 0) is 43.2 Å². The fourth-order valence-corrected chi connectivity index (χ4v) is 2.01. The Bertz CT molecular complexity index is 654. The number of benzene rings is 2. The third kappa shape index (κ3) is 2.88. The van der Waals surface area contributed by atoms with Gasteiger partial charge >= 0.3 is 0 Å². The Labute approximate surface area is 117 Å². The molecule has 0 heterocycles. The van der Waals surface area contributed by atoms with E-state index in [1.807, 2.05) is 19.1 Å². The number of nitrogens with two attached hydrogens (primary N) is 1. The lowest BCUT2D eigenvalue weighted by molar-refractivity contribution is -0.385. The molecule has 0 radical (unpaired) electrons. The van der Waals surface area contributed by atoms with Crippen molar-refractivity contribution in [2.45, 2.75) is 20.5 Å². The number of aryl methyl sites for hydroxylation is 1. The normalized spacial score (nSPS) is 10.3. The molecule has 0 aliphatic rings. The Hall–Kier alpha value is -2.56. The molecule has 5 heteroatoms. The summed E-state index contributed by atoms with van der Waals surface area (Å²) in [4.78, 5) is 10.5. The van der Waals surface area contributed by atoms with E-state index in [9.17, 15) is 10.1 Å². The minimum absolute atomic E-state index is 0.111. The second-order valence-corrected chi connectivity index (χ2v) is 4.63. The summed E-state index contributed by atoms with van der Waals surface area (Å²) in [6, 6.07) is 10.4. The Morgan fingerprint density at radius 2 is 2.00 bits per heavy atom. The van der Waals surface area contributed by atoms with Crippen molar-refractivity contribution in [2.75, 3.05) is 5.73 Å². The van der Waals surface area contributed by atoms with E-state index in [1.54, 1.807) is 25.1 Å². The molecule has 0 bridgehead atoms. The Morgan fingerprint density at radius 3 is 2.65 bits per heavy atom. The fraction of sp³-hybridized carbons (Fsp3) is 0.200. The Kier molecular flexibility index (Phi) is 3.89. The highest BCUT2D eigenvalue weighted by Crippen LogP contribution is 2.24. The highest BCUT2D eigenvalue weighted by atomic mass is 16.6. The van der Waals surface area contributed by atoms with Crippen molar-refractivity contribution < 1.29 is 9.66 Å². The summed E-state index contributed by atoms with van der Waals surface area (Å²) in [5.41, 5.74) is 8.84. The lowest BCUT2D eigenvalue weighted by atomic mass is 10.1. The highest BCUT2D eigenvalue weighted by Gasteiger charge is 2.13. The molecule has 0 amide bonds. The number of ether oxygens (including phenoxy) is 1. The number of anilines is 1. The van der Waals surface area contributed by atoms with Crippen molar-refractivity contribution in [1.29, 1.82) is 0 Å². The molecule has 2 rings (SSSR count). The molecular weight excluding hydrogens is 256 g/mol. The quantitative estimate of drug-likeness (QED) is 0.525. The van der Waals surface area contributed by atoms with Gasteiger partial charge in [0.1, 0.15) is 12.4 Å². The van der Waals surface area contributed by atoms with Crippen LogP contribution in [-0.2, 0) is 6.61 Å². The molecule has 0 saturated carbocycles. The van der Waals surface area contributed by atoms with Crippen molar-refractivity contribution >= 4 is 11.4 Å². The maximum absolute atomic E-state index is 10.9. The first-order valence-electron chi connectivity index (χ1n) is 6.21. The second kappa shape index (κ2) is 5.61. The fourth-order valence-electron chi connectivity index (χ4n) is 2.01. The van der Waals surface area contributed by atoms with Crippen LogP contribution in [0.2, 0.25) is 0 Å². The van der Waals surface area contributed by atoms with Crippen LogP contribution in [0.5, 0.6) is 5.75 Å². The van der Waals surface area contributed by atoms with Gasteiger partial charge in [-0.25, -0.2) is 0 Å². The van der Waals surface area contributed by atoms with E-state index in [4.69, 9.17) is 10.5 Å². The molecule has 104 valence electrons. The largest absolute Gasteiger partial charge is 0.489 e. The van der Waals surface area contributed by atoms with Crippen LogP contribution in [0.1, 0.15) is 16.7 Å². The Balaban J connectivity index is 2.19. The molecule has 0 unspecified atom stereocenters. The molecule has 0 saturated heterocycles. The van der Waals surface area contributed by atoms with Gasteiger partial charge in [0.2, 0.25) is 0 Å². The number of nitrogens with zero attached hydrogens (tertiary/aromatic N) is 1. The lowest BCUT2D eigenvalue weighted by Gasteiger charge is -2.11. The van der Waals surface area contributed by atoms with Crippen molar-refractivity contribution in [3.63, 3.8) is 0 Å². The summed E-state index contributed by atoms with van der Waals surface area (Å²) < 4.78 is 5.72. The van der Waals surface area contributed by atoms with E-state index in [0.717, 1.165) is 16.9 Å². The number of hydrogen-bond donors (Lipinski definition) is 1. The molecule has 0 aliphatic carbocycles. The molecule has 0 fully saturated rings. The van der Waals surface area contributed by atoms with Crippen LogP contribution >= 0.6 is 0 Å². The molecule has 5 nitrogen and oxygen atoms in total. The van der Waals surface area contributed by atoms with E-state index >= 15 is 0 Å². The molecule has 0 spiro atoms. The van der Waals surface area contributed by atoms with Crippen LogP contribution in [0.15, 0.2) is 36.4 Å². The van der Waals surface area contributed by atoms with Gasteiger partial charge in [-0.3, -0.25) is 10.1 Å². The van der Waals surface area contributed by atoms with Crippen molar-refractivity contribution in [2.24, 2.45) is 0 Å². The summed E-state index contributed by atoms with van der Waals surface area (Å²) >= 11 is 0. The first-order valence-corrected chi connectivity index (χ1v) is 6.21. The molecule has 0 aliphatic heterocycles. The van der Waals surface area contributed by atoms with Gasteiger partial charge in [0.25, 0.3) is 5.69 Å². The zero-order valence-corrected chi connectivity index (χ0v) is 11.4. The topological polar surface area (TPSA) is 78.4 Å². The number of nitro benzene ring substituents is 1. The zero-order chi connectivity index (χ0) is 14.7. The molecule has 0 aromatic heterocycles. The first kappa shape index (κ1) is 13.9. The zero-order valence-electron chi connectivity index (χ0n) is 11.4. The summed E-state index contributed by atoms with van der Waals surface area (Å²) in [7, 11) is 0. The highest BCUT2D eigenvalue weighted by molar-refractivity contribution is 5.48. The monoisotopic (exact) mass is 272 g/mol. The summed E-state index contributed by atoms with van der Waals surface area (Å²) in [5, 5.41) is 10.9. The average Bonchev–Trinajstić information content (AvgIpc) is 2.39. The molecule has 2 N–H and O–H groups in total. The molecular formula is C15H16N2O3. The van der Waals surface area contributed by atoms with Crippen LogP contribution < -0.4 is 10.5 Å².